The van der Waals surface area contributed by atoms with Crippen molar-refractivity contribution in [2.24, 2.45) is 5.10 Å². The van der Waals surface area contributed by atoms with Gasteiger partial charge in [-0.25, -0.2) is 20.2 Å². The molecule has 0 saturated carbocycles. The second-order valence-corrected chi connectivity index (χ2v) is 8.09. The number of phenolic OH excluding ortho intramolecular Hbond substituents is 1. The standard InChI is InChI=1S/C28H22N4O3/c1-17-15-25(34)35-27-21(17)13-14-24(33)26(27)18(2)31-32-28-29-22(19-9-5-3-6-10-19)16-23(30-28)20-11-7-4-8-12-20/h3-16,33H,1-2H3,(H,29,30,32). The van der Waals surface area contributed by atoms with Crippen LogP contribution in [0.1, 0.15) is 18.1 Å². The predicted octanol–water partition coefficient (Wildman–Crippen LogP) is 5.77. The van der Waals surface area contributed by atoms with Crippen molar-refractivity contribution in [3.63, 3.8) is 0 Å². The Hall–Kier alpha value is -4.78. The Balaban J connectivity index is 1.58. The highest BCUT2D eigenvalue weighted by atomic mass is 16.4. The summed E-state index contributed by atoms with van der Waals surface area (Å²) in [6.07, 6.45) is 0. The van der Waals surface area contributed by atoms with E-state index in [4.69, 9.17) is 4.42 Å². The summed E-state index contributed by atoms with van der Waals surface area (Å²) in [5, 5.41) is 15.7. The number of anilines is 1. The molecule has 5 rings (SSSR count). The molecule has 0 aliphatic carbocycles. The number of rotatable bonds is 5. The summed E-state index contributed by atoms with van der Waals surface area (Å²) >= 11 is 0. The van der Waals surface area contributed by atoms with Crippen molar-refractivity contribution in [3.05, 3.63) is 106 Å². The predicted molar refractivity (Wildman–Crippen MR) is 138 cm³/mol. The summed E-state index contributed by atoms with van der Waals surface area (Å²) in [4.78, 5) is 21.3. The van der Waals surface area contributed by atoms with Crippen molar-refractivity contribution >= 4 is 22.6 Å². The minimum Gasteiger partial charge on any atom is -0.507 e. The number of aromatic nitrogens is 2. The maximum absolute atomic E-state index is 12.0. The normalized spacial score (nSPS) is 11.5. The summed E-state index contributed by atoms with van der Waals surface area (Å²) in [5.41, 5.74) is 7.58. The van der Waals surface area contributed by atoms with E-state index in [-0.39, 0.29) is 11.3 Å². The van der Waals surface area contributed by atoms with Crippen LogP contribution in [0.15, 0.2) is 99.2 Å². The molecule has 0 radical (unpaired) electrons. The van der Waals surface area contributed by atoms with Crippen LogP contribution in [0, 0.1) is 6.92 Å². The van der Waals surface area contributed by atoms with E-state index in [1.54, 1.807) is 19.1 Å². The van der Waals surface area contributed by atoms with Crippen molar-refractivity contribution in [2.75, 3.05) is 5.43 Å². The van der Waals surface area contributed by atoms with Gasteiger partial charge in [0, 0.05) is 22.6 Å². The molecule has 0 fully saturated rings. The minimum atomic E-state index is -0.492. The largest absolute Gasteiger partial charge is 0.507 e. The van der Waals surface area contributed by atoms with E-state index in [9.17, 15) is 9.90 Å². The Kier molecular flexibility index (Phi) is 5.81. The molecule has 7 nitrogen and oxygen atoms in total. The molecule has 2 heterocycles. The van der Waals surface area contributed by atoms with Crippen LogP contribution in [0.25, 0.3) is 33.5 Å². The maximum Gasteiger partial charge on any atom is 0.336 e. The van der Waals surface area contributed by atoms with Gasteiger partial charge in [-0.2, -0.15) is 5.10 Å². The average molecular weight is 463 g/mol. The molecule has 5 aromatic rings. The zero-order valence-corrected chi connectivity index (χ0v) is 19.2. The molecule has 0 saturated heterocycles. The average Bonchev–Trinajstić information content (AvgIpc) is 2.88. The van der Waals surface area contributed by atoms with Crippen LogP contribution in [0.2, 0.25) is 0 Å². The molecule has 2 N–H and O–H groups in total. The Labute approximate surface area is 201 Å². The molecule has 172 valence electrons. The highest BCUT2D eigenvalue weighted by Gasteiger charge is 2.15. The van der Waals surface area contributed by atoms with Gasteiger partial charge < -0.3 is 9.52 Å². The maximum atomic E-state index is 12.0. The van der Waals surface area contributed by atoms with E-state index in [1.807, 2.05) is 73.7 Å². The number of fused-ring (bicyclic) bond motifs is 1. The Bertz CT molecular complexity index is 1550. The summed E-state index contributed by atoms with van der Waals surface area (Å²) < 4.78 is 5.43. The molecule has 2 aromatic heterocycles. The first-order valence-corrected chi connectivity index (χ1v) is 11.1. The van der Waals surface area contributed by atoms with Crippen molar-refractivity contribution in [2.45, 2.75) is 13.8 Å². The zero-order valence-electron chi connectivity index (χ0n) is 19.2. The first-order chi connectivity index (χ1) is 17.0. The van der Waals surface area contributed by atoms with E-state index in [0.717, 1.165) is 33.5 Å². The van der Waals surface area contributed by atoms with Gasteiger partial charge in [-0.1, -0.05) is 60.7 Å². The number of hydrogen-bond donors (Lipinski definition) is 2. The lowest BCUT2D eigenvalue weighted by Gasteiger charge is -2.11. The van der Waals surface area contributed by atoms with Crippen LogP contribution in [0.5, 0.6) is 5.75 Å². The van der Waals surface area contributed by atoms with Crippen LogP contribution >= 0.6 is 0 Å². The van der Waals surface area contributed by atoms with Gasteiger partial charge in [-0.05, 0) is 37.6 Å². The third-order valence-corrected chi connectivity index (χ3v) is 5.65. The molecule has 0 bridgehead atoms. The quantitative estimate of drug-likeness (QED) is 0.195. The lowest BCUT2D eigenvalue weighted by atomic mass is 10.0. The van der Waals surface area contributed by atoms with E-state index in [1.165, 1.54) is 6.07 Å². The van der Waals surface area contributed by atoms with Crippen molar-refractivity contribution in [1.82, 2.24) is 9.97 Å². The van der Waals surface area contributed by atoms with E-state index in [0.29, 0.717) is 17.2 Å². The summed E-state index contributed by atoms with van der Waals surface area (Å²) in [6, 6.07) is 26.3. The second kappa shape index (κ2) is 9.23. The molecule has 0 aliphatic rings. The highest BCUT2D eigenvalue weighted by Crippen LogP contribution is 2.29. The Morgan fingerprint density at radius 1 is 0.886 bits per heavy atom. The Morgan fingerprint density at radius 3 is 2.09 bits per heavy atom. The molecule has 3 aromatic carbocycles. The van der Waals surface area contributed by atoms with Gasteiger partial charge in [0.2, 0.25) is 5.95 Å². The van der Waals surface area contributed by atoms with Gasteiger partial charge in [-0.15, -0.1) is 0 Å². The summed E-state index contributed by atoms with van der Waals surface area (Å²) in [7, 11) is 0. The van der Waals surface area contributed by atoms with Gasteiger partial charge in [0.25, 0.3) is 0 Å². The third-order valence-electron chi connectivity index (χ3n) is 5.65. The Morgan fingerprint density at radius 2 is 1.49 bits per heavy atom. The third kappa shape index (κ3) is 4.52. The molecule has 35 heavy (non-hydrogen) atoms. The SMILES string of the molecule is CC(=NNc1nc(-c2ccccc2)cc(-c2ccccc2)n1)c1c(O)ccc2c(C)cc(=O)oc12. The monoisotopic (exact) mass is 462 g/mol. The van der Waals surface area contributed by atoms with Crippen LogP contribution in [-0.4, -0.2) is 20.8 Å². The summed E-state index contributed by atoms with van der Waals surface area (Å²) in [6.45, 7) is 3.53. The zero-order chi connectivity index (χ0) is 24.4. The van der Waals surface area contributed by atoms with Gasteiger partial charge in [0.1, 0.15) is 5.75 Å². The number of nitrogens with zero attached hydrogens (tertiary/aromatic N) is 3. The van der Waals surface area contributed by atoms with Crippen molar-refractivity contribution < 1.29 is 9.52 Å². The van der Waals surface area contributed by atoms with Crippen LogP contribution in [-0.2, 0) is 0 Å². The first-order valence-electron chi connectivity index (χ1n) is 11.1. The van der Waals surface area contributed by atoms with Gasteiger partial charge >= 0.3 is 5.63 Å². The number of hydrazone groups is 1. The van der Waals surface area contributed by atoms with E-state index < -0.39 is 5.63 Å². The molecule has 0 atom stereocenters. The number of aromatic hydroxyl groups is 1. The van der Waals surface area contributed by atoms with Crippen LogP contribution < -0.4 is 11.1 Å². The van der Waals surface area contributed by atoms with E-state index in [2.05, 4.69) is 20.5 Å². The van der Waals surface area contributed by atoms with Gasteiger partial charge in [0.05, 0.1) is 22.7 Å². The molecular weight excluding hydrogens is 440 g/mol. The minimum absolute atomic E-state index is 0.0433. The van der Waals surface area contributed by atoms with E-state index >= 15 is 0 Å². The summed E-state index contributed by atoms with van der Waals surface area (Å²) in [5.74, 6) is 0.250. The molecule has 0 aliphatic heterocycles. The fourth-order valence-electron chi connectivity index (χ4n) is 3.92. The second-order valence-electron chi connectivity index (χ2n) is 8.09. The lowest BCUT2D eigenvalue weighted by molar-refractivity contribution is 0.471. The number of benzene rings is 3. The van der Waals surface area contributed by atoms with Crippen molar-refractivity contribution in [1.29, 1.82) is 0 Å². The highest BCUT2D eigenvalue weighted by molar-refractivity contribution is 6.10. The topological polar surface area (TPSA) is 101 Å². The molecule has 7 heteroatoms. The van der Waals surface area contributed by atoms with Crippen LogP contribution in [0.3, 0.4) is 0 Å². The van der Waals surface area contributed by atoms with Crippen molar-refractivity contribution in [3.8, 4) is 28.3 Å². The molecule has 0 unspecified atom stereocenters. The smallest absolute Gasteiger partial charge is 0.336 e. The number of aryl methyl sites for hydroxylation is 1. The number of nitrogens with one attached hydrogen (secondary N) is 1. The molecular formula is C28H22N4O3. The lowest BCUT2D eigenvalue weighted by Crippen LogP contribution is -2.06. The fourth-order valence-corrected chi connectivity index (χ4v) is 3.92. The molecule has 0 spiro atoms. The first kappa shape index (κ1) is 22.0. The number of phenols is 1. The van der Waals surface area contributed by atoms with Gasteiger partial charge in [0.15, 0.2) is 5.58 Å². The van der Waals surface area contributed by atoms with Crippen LogP contribution in [0.4, 0.5) is 5.95 Å². The fraction of sp³-hybridized carbons (Fsp3) is 0.0714. The van der Waals surface area contributed by atoms with Gasteiger partial charge in [-0.3, -0.25) is 0 Å². The molecule has 0 amide bonds. The number of hydrogen-bond acceptors (Lipinski definition) is 7.